The lowest BCUT2D eigenvalue weighted by Crippen LogP contribution is -2.38. The van der Waals surface area contributed by atoms with Gasteiger partial charge in [0, 0.05) is 42.7 Å². The van der Waals surface area contributed by atoms with Crippen molar-refractivity contribution in [2.75, 3.05) is 6.54 Å². The van der Waals surface area contributed by atoms with Gasteiger partial charge in [0.05, 0.1) is 5.52 Å². The normalized spacial score (nSPS) is 17.4. The summed E-state index contributed by atoms with van der Waals surface area (Å²) in [5.74, 6) is -0.959. The summed E-state index contributed by atoms with van der Waals surface area (Å²) >= 11 is 0. The molecule has 4 rings (SSSR count). The summed E-state index contributed by atoms with van der Waals surface area (Å²) in [6, 6.07) is 11.4. The van der Waals surface area contributed by atoms with Gasteiger partial charge in [-0.05, 0) is 44.0 Å². The molecule has 1 aromatic heterocycles. The van der Waals surface area contributed by atoms with Crippen LogP contribution in [-0.4, -0.2) is 22.1 Å². The molecule has 0 bridgehead atoms. The first-order valence-corrected chi connectivity index (χ1v) is 9.76. The quantitative estimate of drug-likeness (QED) is 0.612. The van der Waals surface area contributed by atoms with Gasteiger partial charge in [-0.15, -0.1) is 0 Å². The molecule has 142 valence electrons. The predicted octanol–water partition coefficient (Wildman–Crippen LogP) is 5.24. The van der Waals surface area contributed by atoms with E-state index in [1.54, 1.807) is 0 Å². The summed E-state index contributed by atoms with van der Waals surface area (Å²) in [7, 11) is 0. The van der Waals surface area contributed by atoms with Gasteiger partial charge in [-0.3, -0.25) is 4.90 Å². The van der Waals surface area contributed by atoms with Crippen molar-refractivity contribution in [1.29, 1.82) is 0 Å². The number of hydrogen-bond acceptors (Lipinski definition) is 1. The Balaban J connectivity index is 1.80. The SMILES string of the molecule is CCN1Cc2c(n(CCc3cccc(C)c3)c3c(F)cc(F)cc23)CC1C. The minimum absolute atomic E-state index is 0.400. The van der Waals surface area contributed by atoms with Crippen molar-refractivity contribution in [3.05, 3.63) is 70.4 Å². The fourth-order valence-electron chi connectivity index (χ4n) is 4.48. The molecule has 2 nitrogen and oxygen atoms in total. The summed E-state index contributed by atoms with van der Waals surface area (Å²) in [6.07, 6.45) is 1.70. The van der Waals surface area contributed by atoms with E-state index in [9.17, 15) is 8.78 Å². The lowest BCUT2D eigenvalue weighted by molar-refractivity contribution is 0.192. The van der Waals surface area contributed by atoms with E-state index in [1.165, 1.54) is 22.9 Å². The van der Waals surface area contributed by atoms with Gasteiger partial charge in [0.15, 0.2) is 0 Å². The topological polar surface area (TPSA) is 8.17 Å². The number of aromatic nitrogens is 1. The molecule has 2 heterocycles. The van der Waals surface area contributed by atoms with Gasteiger partial charge in [-0.25, -0.2) is 8.78 Å². The van der Waals surface area contributed by atoms with Crippen molar-refractivity contribution in [2.45, 2.75) is 52.7 Å². The van der Waals surface area contributed by atoms with Crippen LogP contribution in [0.25, 0.3) is 10.9 Å². The van der Waals surface area contributed by atoms with Gasteiger partial charge in [-0.2, -0.15) is 0 Å². The fraction of sp³-hybridized carbons (Fsp3) is 0.391. The van der Waals surface area contributed by atoms with Crippen LogP contribution in [0.5, 0.6) is 0 Å². The van der Waals surface area contributed by atoms with Gasteiger partial charge in [0.1, 0.15) is 11.6 Å². The number of aryl methyl sites for hydroxylation is 3. The predicted molar refractivity (Wildman–Crippen MR) is 106 cm³/mol. The van der Waals surface area contributed by atoms with Crippen LogP contribution in [0.15, 0.2) is 36.4 Å². The highest BCUT2D eigenvalue weighted by Crippen LogP contribution is 2.35. The first-order chi connectivity index (χ1) is 13.0. The van der Waals surface area contributed by atoms with E-state index in [1.807, 2.05) is 0 Å². The van der Waals surface area contributed by atoms with Crippen molar-refractivity contribution >= 4 is 10.9 Å². The summed E-state index contributed by atoms with van der Waals surface area (Å²) in [6.45, 7) is 8.83. The average Bonchev–Trinajstić information content (AvgIpc) is 2.92. The number of halogens is 2. The number of rotatable bonds is 4. The zero-order valence-electron chi connectivity index (χ0n) is 16.2. The largest absolute Gasteiger partial charge is 0.341 e. The Morgan fingerprint density at radius 3 is 2.70 bits per heavy atom. The number of nitrogens with zero attached hydrogens (tertiary/aromatic N) is 2. The van der Waals surface area contributed by atoms with Crippen LogP contribution >= 0.6 is 0 Å². The molecule has 0 saturated heterocycles. The van der Waals surface area contributed by atoms with Gasteiger partial charge in [0.25, 0.3) is 0 Å². The fourth-order valence-corrected chi connectivity index (χ4v) is 4.48. The maximum absolute atomic E-state index is 14.8. The highest BCUT2D eigenvalue weighted by atomic mass is 19.1. The van der Waals surface area contributed by atoms with Crippen LogP contribution in [0, 0.1) is 18.6 Å². The minimum atomic E-state index is -0.500. The van der Waals surface area contributed by atoms with E-state index < -0.39 is 11.6 Å². The van der Waals surface area contributed by atoms with Crippen molar-refractivity contribution in [1.82, 2.24) is 9.47 Å². The smallest absolute Gasteiger partial charge is 0.150 e. The van der Waals surface area contributed by atoms with Crippen molar-refractivity contribution < 1.29 is 8.78 Å². The molecule has 1 aliphatic heterocycles. The second kappa shape index (κ2) is 7.08. The molecule has 4 heteroatoms. The zero-order chi connectivity index (χ0) is 19.1. The van der Waals surface area contributed by atoms with Crippen molar-refractivity contribution in [3.8, 4) is 0 Å². The molecular formula is C23H26F2N2. The highest BCUT2D eigenvalue weighted by Gasteiger charge is 2.29. The molecule has 1 aliphatic rings. The molecule has 0 N–H and O–H groups in total. The Labute approximate surface area is 159 Å². The first-order valence-electron chi connectivity index (χ1n) is 9.76. The van der Waals surface area contributed by atoms with E-state index >= 15 is 0 Å². The molecule has 2 aromatic carbocycles. The first kappa shape index (κ1) is 18.2. The lowest BCUT2D eigenvalue weighted by atomic mass is 9.99. The molecule has 0 amide bonds. The molecule has 0 spiro atoms. The molecule has 0 radical (unpaired) electrons. The Morgan fingerprint density at radius 2 is 1.96 bits per heavy atom. The van der Waals surface area contributed by atoms with Crippen LogP contribution < -0.4 is 0 Å². The van der Waals surface area contributed by atoms with E-state index in [2.05, 4.69) is 54.5 Å². The molecule has 0 saturated carbocycles. The Morgan fingerprint density at radius 1 is 1.15 bits per heavy atom. The van der Waals surface area contributed by atoms with Gasteiger partial charge >= 0.3 is 0 Å². The number of likely N-dealkylation sites (N-methyl/N-ethyl adjacent to an activating group) is 1. The third-order valence-electron chi connectivity index (χ3n) is 5.88. The average molecular weight is 368 g/mol. The summed E-state index contributed by atoms with van der Waals surface area (Å²) < 4.78 is 30.9. The van der Waals surface area contributed by atoms with E-state index in [4.69, 9.17) is 0 Å². The maximum Gasteiger partial charge on any atom is 0.150 e. The monoisotopic (exact) mass is 368 g/mol. The Bertz CT molecular complexity index is 990. The second-order valence-corrected chi connectivity index (χ2v) is 7.72. The summed E-state index contributed by atoms with van der Waals surface area (Å²) in [4.78, 5) is 2.37. The highest BCUT2D eigenvalue weighted by molar-refractivity contribution is 5.86. The minimum Gasteiger partial charge on any atom is -0.341 e. The molecule has 1 unspecified atom stereocenters. The van der Waals surface area contributed by atoms with E-state index in [0.717, 1.165) is 42.9 Å². The van der Waals surface area contributed by atoms with Crippen molar-refractivity contribution in [2.24, 2.45) is 0 Å². The summed E-state index contributed by atoms with van der Waals surface area (Å²) in [5, 5.41) is 0.733. The maximum atomic E-state index is 14.8. The van der Waals surface area contributed by atoms with Crippen LogP contribution in [0.2, 0.25) is 0 Å². The Kier molecular flexibility index (Phi) is 4.77. The lowest BCUT2D eigenvalue weighted by Gasteiger charge is -2.33. The molecule has 0 aliphatic carbocycles. The molecule has 3 aromatic rings. The molecule has 0 fully saturated rings. The Hall–Kier alpha value is -2.20. The van der Waals surface area contributed by atoms with E-state index in [-0.39, 0.29) is 0 Å². The second-order valence-electron chi connectivity index (χ2n) is 7.72. The van der Waals surface area contributed by atoms with E-state index in [0.29, 0.717) is 18.1 Å². The molecule has 1 atom stereocenters. The standard InChI is InChI=1S/C23H26F2N2/c1-4-26-14-20-19-12-18(24)13-21(25)23(19)27(22(20)11-16(26)3)9-8-17-7-5-6-15(2)10-17/h5-7,10,12-13,16H,4,8-9,11,14H2,1-3H3. The van der Waals surface area contributed by atoms with Crippen LogP contribution in [0.3, 0.4) is 0 Å². The zero-order valence-corrected chi connectivity index (χ0v) is 16.2. The number of fused-ring (bicyclic) bond motifs is 3. The third kappa shape index (κ3) is 3.27. The van der Waals surface area contributed by atoms with Gasteiger partial charge in [0.2, 0.25) is 0 Å². The van der Waals surface area contributed by atoms with Crippen LogP contribution in [0.1, 0.15) is 36.2 Å². The number of hydrogen-bond donors (Lipinski definition) is 0. The summed E-state index contributed by atoms with van der Waals surface area (Å²) in [5.41, 5.74) is 5.28. The van der Waals surface area contributed by atoms with Crippen LogP contribution in [0.4, 0.5) is 8.78 Å². The molecule has 27 heavy (non-hydrogen) atoms. The van der Waals surface area contributed by atoms with Gasteiger partial charge in [-0.1, -0.05) is 36.8 Å². The third-order valence-corrected chi connectivity index (χ3v) is 5.88. The number of benzene rings is 2. The van der Waals surface area contributed by atoms with Crippen LogP contribution in [-0.2, 0) is 25.9 Å². The van der Waals surface area contributed by atoms with Gasteiger partial charge < -0.3 is 4.57 Å². The van der Waals surface area contributed by atoms with Crippen molar-refractivity contribution in [3.63, 3.8) is 0 Å². The molecular weight excluding hydrogens is 342 g/mol.